The lowest BCUT2D eigenvalue weighted by molar-refractivity contribution is 0.249. The Morgan fingerprint density at radius 3 is 2.60 bits per heavy atom. The third kappa shape index (κ3) is 5.32. The average molecular weight is 291 g/mol. The lowest BCUT2D eigenvalue weighted by Gasteiger charge is -2.27. The van der Waals surface area contributed by atoms with Crippen LogP contribution < -0.4 is 0 Å². The van der Waals surface area contributed by atoms with Crippen LogP contribution >= 0.6 is 11.6 Å². The molecule has 0 bridgehead atoms. The van der Waals surface area contributed by atoms with Gasteiger partial charge in [0.25, 0.3) is 0 Å². The van der Waals surface area contributed by atoms with E-state index in [4.69, 9.17) is 11.6 Å². The molecule has 1 atom stereocenters. The van der Waals surface area contributed by atoms with Gasteiger partial charge < -0.3 is 0 Å². The second kappa shape index (κ2) is 8.52. The second-order valence-electron chi connectivity index (χ2n) is 6.27. The summed E-state index contributed by atoms with van der Waals surface area (Å²) in [4.78, 5) is 0. The van der Waals surface area contributed by atoms with E-state index in [0.717, 1.165) is 23.3 Å². The average Bonchev–Trinajstić information content (AvgIpc) is 2.49. The molecule has 0 radical (unpaired) electrons. The van der Waals surface area contributed by atoms with Gasteiger partial charge >= 0.3 is 0 Å². The van der Waals surface area contributed by atoms with Gasteiger partial charge in [-0.1, -0.05) is 87.4 Å². The minimum Gasteiger partial charge on any atom is -0.0891 e. The van der Waals surface area contributed by atoms with Crippen molar-refractivity contribution in [3.8, 4) is 0 Å². The molecule has 0 heterocycles. The molecule has 110 valence electrons. The highest BCUT2D eigenvalue weighted by molar-refractivity contribution is 6.31. The molecule has 1 aliphatic carbocycles. The van der Waals surface area contributed by atoms with Gasteiger partial charge in [0, 0.05) is 5.03 Å². The Morgan fingerprint density at radius 2 is 1.90 bits per heavy atom. The first-order valence-corrected chi connectivity index (χ1v) is 8.54. The summed E-state index contributed by atoms with van der Waals surface area (Å²) in [5, 5.41) is 0.993. The van der Waals surface area contributed by atoms with Gasteiger partial charge in [-0.3, -0.25) is 0 Å². The predicted molar refractivity (Wildman–Crippen MR) is 89.9 cm³/mol. The zero-order valence-corrected chi connectivity index (χ0v) is 13.4. The van der Waals surface area contributed by atoms with Gasteiger partial charge in [0.05, 0.1) is 0 Å². The summed E-state index contributed by atoms with van der Waals surface area (Å²) in [6.07, 6.45) is 12.9. The molecule has 0 aromatic heterocycles. The maximum Gasteiger partial charge on any atom is 0.0186 e. The largest absolute Gasteiger partial charge is 0.0891 e. The molecule has 1 heteroatoms. The van der Waals surface area contributed by atoms with Crippen LogP contribution in [-0.4, -0.2) is 0 Å². The van der Waals surface area contributed by atoms with Crippen LogP contribution in [0.15, 0.2) is 35.4 Å². The van der Waals surface area contributed by atoms with Crippen molar-refractivity contribution in [3.63, 3.8) is 0 Å². The monoisotopic (exact) mass is 290 g/mol. The van der Waals surface area contributed by atoms with E-state index in [-0.39, 0.29) is 0 Å². The van der Waals surface area contributed by atoms with Gasteiger partial charge in [-0.05, 0) is 36.3 Å². The van der Waals surface area contributed by atoms with Crippen LogP contribution in [0.4, 0.5) is 0 Å². The summed E-state index contributed by atoms with van der Waals surface area (Å²) in [5.41, 5.74) is 1.21. The summed E-state index contributed by atoms with van der Waals surface area (Å²) in [7, 11) is 0. The summed E-state index contributed by atoms with van der Waals surface area (Å²) < 4.78 is 0. The number of rotatable bonds is 6. The molecule has 0 nitrogen and oxygen atoms in total. The van der Waals surface area contributed by atoms with Crippen molar-refractivity contribution in [2.45, 2.75) is 58.3 Å². The highest BCUT2D eigenvalue weighted by Gasteiger charge is 2.19. The molecular formula is C19H27Cl. The standard InChI is InChI=1S/C19H27Cl/c1-16(18-12-6-3-7-13-18)9-8-14-19(20)15-17-10-4-2-5-11-17/h2,4-5,10-11,15-16,18H,3,6-9,12-14H2,1H3. The van der Waals surface area contributed by atoms with Crippen LogP contribution in [0.25, 0.3) is 6.08 Å². The third-order valence-corrected chi connectivity index (χ3v) is 4.95. The van der Waals surface area contributed by atoms with E-state index in [2.05, 4.69) is 37.3 Å². The molecule has 1 fully saturated rings. The molecule has 0 N–H and O–H groups in total. The van der Waals surface area contributed by atoms with E-state index in [1.807, 2.05) is 6.07 Å². The highest BCUT2D eigenvalue weighted by atomic mass is 35.5. The third-order valence-electron chi connectivity index (χ3n) is 4.65. The first kappa shape index (κ1) is 15.6. The number of allylic oxidation sites excluding steroid dienone is 1. The zero-order chi connectivity index (χ0) is 14.2. The van der Waals surface area contributed by atoms with Gasteiger partial charge in [0.15, 0.2) is 0 Å². The maximum absolute atomic E-state index is 6.35. The Labute approximate surface area is 129 Å². The van der Waals surface area contributed by atoms with Crippen molar-refractivity contribution in [2.24, 2.45) is 11.8 Å². The molecule has 1 saturated carbocycles. The Kier molecular flexibility index (Phi) is 6.66. The van der Waals surface area contributed by atoms with Crippen LogP contribution in [0.5, 0.6) is 0 Å². The first-order valence-electron chi connectivity index (χ1n) is 8.17. The molecule has 0 amide bonds. The SMILES string of the molecule is CC(CCCC(Cl)=Cc1ccccc1)C1CCCCC1. The molecule has 1 unspecified atom stereocenters. The van der Waals surface area contributed by atoms with Gasteiger partial charge in [-0.2, -0.15) is 0 Å². The van der Waals surface area contributed by atoms with E-state index in [0.29, 0.717) is 0 Å². The van der Waals surface area contributed by atoms with E-state index in [9.17, 15) is 0 Å². The lowest BCUT2D eigenvalue weighted by Crippen LogP contribution is -2.15. The van der Waals surface area contributed by atoms with E-state index < -0.39 is 0 Å². The molecular weight excluding hydrogens is 264 g/mol. The lowest BCUT2D eigenvalue weighted by atomic mass is 9.79. The topological polar surface area (TPSA) is 0 Å². The van der Waals surface area contributed by atoms with Crippen LogP contribution in [0.3, 0.4) is 0 Å². The van der Waals surface area contributed by atoms with Crippen molar-refractivity contribution in [1.82, 2.24) is 0 Å². The molecule has 1 aliphatic rings. The minimum atomic E-state index is 0.872. The van der Waals surface area contributed by atoms with Gasteiger partial charge in [-0.15, -0.1) is 0 Å². The minimum absolute atomic E-state index is 0.872. The van der Waals surface area contributed by atoms with Crippen molar-refractivity contribution < 1.29 is 0 Å². The molecule has 20 heavy (non-hydrogen) atoms. The van der Waals surface area contributed by atoms with Crippen molar-refractivity contribution in [2.75, 3.05) is 0 Å². The second-order valence-corrected chi connectivity index (χ2v) is 6.75. The Balaban J connectivity index is 1.71. The maximum atomic E-state index is 6.35. The summed E-state index contributed by atoms with van der Waals surface area (Å²) in [6, 6.07) is 10.4. The normalized spacial score (nSPS) is 19.0. The number of hydrogen-bond donors (Lipinski definition) is 0. The first-order chi connectivity index (χ1) is 9.75. The highest BCUT2D eigenvalue weighted by Crippen LogP contribution is 2.32. The molecule has 1 aromatic carbocycles. The Bertz CT molecular complexity index is 401. The van der Waals surface area contributed by atoms with Crippen molar-refractivity contribution in [1.29, 1.82) is 0 Å². The number of hydrogen-bond acceptors (Lipinski definition) is 0. The zero-order valence-electron chi connectivity index (χ0n) is 12.7. The number of benzene rings is 1. The number of halogens is 1. The predicted octanol–water partition coefficient (Wildman–Crippen LogP) is 6.65. The summed E-state index contributed by atoms with van der Waals surface area (Å²) in [5.74, 6) is 1.84. The summed E-state index contributed by atoms with van der Waals surface area (Å²) in [6.45, 7) is 2.44. The van der Waals surface area contributed by atoms with E-state index in [1.54, 1.807) is 0 Å². The Morgan fingerprint density at radius 1 is 1.20 bits per heavy atom. The fourth-order valence-electron chi connectivity index (χ4n) is 3.33. The van der Waals surface area contributed by atoms with Crippen LogP contribution in [0, 0.1) is 11.8 Å². The van der Waals surface area contributed by atoms with Gasteiger partial charge in [0.2, 0.25) is 0 Å². The molecule has 0 spiro atoms. The quantitative estimate of drug-likeness (QED) is 0.550. The molecule has 2 rings (SSSR count). The molecule has 0 saturated heterocycles. The van der Waals surface area contributed by atoms with Crippen LogP contribution in [0.1, 0.15) is 63.9 Å². The van der Waals surface area contributed by atoms with Gasteiger partial charge in [-0.25, -0.2) is 0 Å². The van der Waals surface area contributed by atoms with Crippen molar-refractivity contribution in [3.05, 3.63) is 40.9 Å². The van der Waals surface area contributed by atoms with Gasteiger partial charge in [0.1, 0.15) is 0 Å². The summed E-state index contributed by atoms with van der Waals surface area (Å²) >= 11 is 6.35. The fourth-order valence-corrected chi connectivity index (χ4v) is 3.59. The molecule has 1 aromatic rings. The molecule has 0 aliphatic heterocycles. The smallest absolute Gasteiger partial charge is 0.0186 e. The van der Waals surface area contributed by atoms with E-state index >= 15 is 0 Å². The van der Waals surface area contributed by atoms with E-state index in [1.165, 1.54) is 50.5 Å². The van der Waals surface area contributed by atoms with Crippen LogP contribution in [-0.2, 0) is 0 Å². The Hall–Kier alpha value is -0.750. The van der Waals surface area contributed by atoms with Crippen LogP contribution in [0.2, 0.25) is 0 Å². The fraction of sp³-hybridized carbons (Fsp3) is 0.579. The van der Waals surface area contributed by atoms with Crippen molar-refractivity contribution >= 4 is 17.7 Å².